The number of carbonyl (C=O) groups excluding carboxylic acids is 3. The van der Waals surface area contributed by atoms with Crippen molar-refractivity contribution < 1.29 is 29.0 Å². The van der Waals surface area contributed by atoms with E-state index in [0.29, 0.717) is 5.56 Å². The summed E-state index contributed by atoms with van der Waals surface area (Å²) in [7, 11) is 0. The number of benzene rings is 2. The van der Waals surface area contributed by atoms with E-state index in [-0.39, 0.29) is 36.2 Å². The van der Waals surface area contributed by atoms with Crippen molar-refractivity contribution in [2.75, 3.05) is 0 Å². The zero-order chi connectivity index (χ0) is 30.0. The topological polar surface area (TPSA) is 134 Å². The fraction of sp³-hybridized carbons (Fsp3) is 0.500. The molecule has 5 atom stereocenters. The lowest BCUT2D eigenvalue weighted by molar-refractivity contribution is -0.145. The standard InChI is InChI=1S/C32H43N3O6/c1-21(33-28(36)24-17-11-12-18-26(24)32(2,3)4)34-29(37)27(25(30(38)39)19-22-13-7-5-8-14-22)35-31(40)41-20-23-15-9-6-10-16-23/h5-10,13-16,21,24-27H,11-12,17-20H2,1-4H3,(H,33,36)(H,34,37)(H,35,40)(H,38,39)/t21?,24?,25?,26?,27-/m0/s1. The van der Waals surface area contributed by atoms with E-state index < -0.39 is 36.1 Å². The summed E-state index contributed by atoms with van der Waals surface area (Å²) in [5, 5.41) is 18.2. The average Bonchev–Trinajstić information content (AvgIpc) is 2.94. The van der Waals surface area contributed by atoms with Crippen molar-refractivity contribution >= 4 is 23.9 Å². The third-order valence-electron chi connectivity index (χ3n) is 7.72. The normalized spacial score (nSPS) is 19.2. The molecule has 1 fully saturated rings. The first-order valence-corrected chi connectivity index (χ1v) is 14.3. The van der Waals surface area contributed by atoms with Gasteiger partial charge in [-0.1, -0.05) is 94.3 Å². The minimum atomic E-state index is -1.45. The molecule has 1 aliphatic rings. The highest BCUT2D eigenvalue weighted by Crippen LogP contribution is 2.41. The molecule has 4 unspecified atom stereocenters. The number of carbonyl (C=O) groups is 4. The van der Waals surface area contributed by atoms with E-state index in [2.05, 4.69) is 36.7 Å². The highest BCUT2D eigenvalue weighted by Gasteiger charge is 2.39. The fourth-order valence-corrected chi connectivity index (χ4v) is 5.60. The lowest BCUT2D eigenvalue weighted by Crippen LogP contribution is -2.58. The molecular weight excluding hydrogens is 522 g/mol. The van der Waals surface area contributed by atoms with Gasteiger partial charge in [-0.2, -0.15) is 0 Å². The Kier molecular flexibility index (Phi) is 11.3. The number of carboxylic acid groups (broad SMARTS) is 1. The van der Waals surface area contributed by atoms with E-state index in [1.807, 2.05) is 12.1 Å². The number of alkyl carbamates (subject to hydrolysis) is 1. The van der Waals surface area contributed by atoms with Crippen molar-refractivity contribution in [1.82, 2.24) is 16.0 Å². The summed E-state index contributed by atoms with van der Waals surface area (Å²) in [6, 6.07) is 16.5. The number of amides is 3. The van der Waals surface area contributed by atoms with E-state index >= 15 is 0 Å². The van der Waals surface area contributed by atoms with Crippen molar-refractivity contribution in [3.05, 3.63) is 71.8 Å². The molecule has 1 saturated carbocycles. The molecule has 0 aliphatic heterocycles. The van der Waals surface area contributed by atoms with E-state index in [0.717, 1.165) is 31.2 Å². The number of nitrogens with one attached hydrogen (secondary N) is 3. The lowest BCUT2D eigenvalue weighted by atomic mass is 9.66. The molecule has 0 bridgehead atoms. The largest absolute Gasteiger partial charge is 0.481 e. The highest BCUT2D eigenvalue weighted by molar-refractivity contribution is 5.91. The van der Waals surface area contributed by atoms with Crippen LogP contribution in [-0.4, -0.2) is 41.2 Å². The number of rotatable bonds is 11. The highest BCUT2D eigenvalue weighted by atomic mass is 16.5. The van der Waals surface area contributed by atoms with Crippen LogP contribution < -0.4 is 16.0 Å². The van der Waals surface area contributed by atoms with Crippen LogP contribution in [0.25, 0.3) is 0 Å². The second kappa shape index (κ2) is 14.7. The summed E-state index contributed by atoms with van der Waals surface area (Å²) in [4.78, 5) is 51.8. The average molecular weight is 566 g/mol. The van der Waals surface area contributed by atoms with E-state index in [9.17, 15) is 24.3 Å². The molecule has 9 heteroatoms. The van der Waals surface area contributed by atoms with Gasteiger partial charge in [0.25, 0.3) is 0 Å². The van der Waals surface area contributed by atoms with Crippen LogP contribution in [0.2, 0.25) is 0 Å². The van der Waals surface area contributed by atoms with Crippen LogP contribution in [0.15, 0.2) is 60.7 Å². The Bertz CT molecular complexity index is 1160. The molecule has 0 heterocycles. The minimum Gasteiger partial charge on any atom is -0.481 e. The number of ether oxygens (including phenoxy) is 1. The second-order valence-electron chi connectivity index (χ2n) is 11.9. The molecule has 41 heavy (non-hydrogen) atoms. The van der Waals surface area contributed by atoms with Crippen LogP contribution in [0, 0.1) is 23.2 Å². The molecule has 0 aromatic heterocycles. The molecule has 4 N–H and O–H groups in total. The maximum absolute atomic E-state index is 13.5. The van der Waals surface area contributed by atoms with E-state index in [1.165, 1.54) is 0 Å². The molecular formula is C32H43N3O6. The molecule has 1 aliphatic carbocycles. The van der Waals surface area contributed by atoms with Gasteiger partial charge in [-0.05, 0) is 48.6 Å². The fourth-order valence-electron chi connectivity index (χ4n) is 5.60. The Hall–Kier alpha value is -3.88. The van der Waals surface area contributed by atoms with Gasteiger partial charge < -0.3 is 25.8 Å². The van der Waals surface area contributed by atoms with Crippen molar-refractivity contribution in [2.45, 2.75) is 78.6 Å². The first-order valence-electron chi connectivity index (χ1n) is 14.3. The summed E-state index contributed by atoms with van der Waals surface area (Å²) >= 11 is 0. The lowest BCUT2D eigenvalue weighted by Gasteiger charge is -2.40. The zero-order valence-corrected chi connectivity index (χ0v) is 24.4. The van der Waals surface area contributed by atoms with Crippen molar-refractivity contribution in [1.29, 1.82) is 0 Å². The molecule has 9 nitrogen and oxygen atoms in total. The smallest absolute Gasteiger partial charge is 0.408 e. The van der Waals surface area contributed by atoms with Gasteiger partial charge in [0.1, 0.15) is 12.6 Å². The van der Waals surface area contributed by atoms with Crippen molar-refractivity contribution in [3.63, 3.8) is 0 Å². The molecule has 2 aromatic carbocycles. The van der Waals surface area contributed by atoms with Gasteiger partial charge in [0.2, 0.25) is 11.8 Å². The number of aliphatic carboxylic acids is 1. The second-order valence-corrected chi connectivity index (χ2v) is 11.9. The molecule has 2 aromatic rings. The van der Waals surface area contributed by atoms with Crippen LogP contribution in [-0.2, 0) is 32.1 Å². The minimum absolute atomic E-state index is 0.00328. The third-order valence-corrected chi connectivity index (χ3v) is 7.72. The van der Waals surface area contributed by atoms with E-state index in [1.54, 1.807) is 55.5 Å². The van der Waals surface area contributed by atoms with Gasteiger partial charge in [-0.3, -0.25) is 14.4 Å². The molecule has 0 saturated heterocycles. The van der Waals surface area contributed by atoms with Gasteiger partial charge in [0.05, 0.1) is 12.1 Å². The van der Waals surface area contributed by atoms with Crippen LogP contribution >= 0.6 is 0 Å². The van der Waals surface area contributed by atoms with Gasteiger partial charge in [-0.25, -0.2) is 4.79 Å². The summed E-state index contributed by atoms with van der Waals surface area (Å²) in [6.45, 7) is 8.00. The summed E-state index contributed by atoms with van der Waals surface area (Å²) < 4.78 is 5.29. The summed E-state index contributed by atoms with van der Waals surface area (Å²) in [6.07, 6.45) is 2.12. The number of carboxylic acids is 1. The molecule has 3 amide bonds. The predicted molar refractivity (Wildman–Crippen MR) is 155 cm³/mol. The SMILES string of the molecule is CC(NC(=O)C1CCCCC1C(C)(C)C)NC(=O)[C@@H](NC(=O)OCc1ccccc1)C(Cc1ccccc1)C(=O)O. The molecule has 3 rings (SSSR count). The van der Waals surface area contributed by atoms with E-state index in [4.69, 9.17) is 4.74 Å². The predicted octanol–water partition coefficient (Wildman–Crippen LogP) is 4.66. The van der Waals surface area contributed by atoms with Crippen LogP contribution in [0.3, 0.4) is 0 Å². The number of hydrogen-bond acceptors (Lipinski definition) is 5. The van der Waals surface area contributed by atoms with Crippen molar-refractivity contribution in [2.24, 2.45) is 23.2 Å². The van der Waals surface area contributed by atoms with Gasteiger partial charge in [0, 0.05) is 5.92 Å². The Labute approximate surface area is 242 Å². The maximum atomic E-state index is 13.5. The van der Waals surface area contributed by atoms with Crippen molar-refractivity contribution in [3.8, 4) is 0 Å². The Balaban J connectivity index is 1.72. The Morgan fingerprint density at radius 3 is 2.05 bits per heavy atom. The van der Waals surface area contributed by atoms with Crippen LogP contribution in [0.4, 0.5) is 4.79 Å². The van der Waals surface area contributed by atoms with Gasteiger partial charge in [-0.15, -0.1) is 0 Å². The molecule has 0 radical (unpaired) electrons. The number of hydrogen-bond donors (Lipinski definition) is 4. The quantitative estimate of drug-likeness (QED) is 0.293. The Morgan fingerprint density at radius 1 is 0.878 bits per heavy atom. The summed E-state index contributed by atoms with van der Waals surface area (Å²) in [5.41, 5.74) is 1.41. The first kappa shape index (κ1) is 31.6. The van der Waals surface area contributed by atoms with Gasteiger partial charge >= 0.3 is 12.1 Å². The molecule has 222 valence electrons. The first-order chi connectivity index (χ1) is 19.5. The monoisotopic (exact) mass is 565 g/mol. The maximum Gasteiger partial charge on any atom is 0.408 e. The van der Waals surface area contributed by atoms with Crippen LogP contribution in [0.5, 0.6) is 0 Å². The van der Waals surface area contributed by atoms with Gasteiger partial charge in [0.15, 0.2) is 0 Å². The van der Waals surface area contributed by atoms with Crippen LogP contribution in [0.1, 0.15) is 64.5 Å². The Morgan fingerprint density at radius 2 is 1.46 bits per heavy atom. The zero-order valence-electron chi connectivity index (χ0n) is 24.4. The summed E-state index contributed by atoms with van der Waals surface area (Å²) in [5.74, 6) is -3.35. The third kappa shape index (κ3) is 9.62. The molecule has 0 spiro atoms.